The Balaban J connectivity index is 3.53. The number of methoxy groups -OCH3 is 1. The molecule has 0 aromatic rings. The van der Waals surface area contributed by atoms with Crippen molar-refractivity contribution in [2.45, 2.75) is 40.2 Å². The molecular formula is C13H30N2O. The standard InChI is InChI=1S/C13H30N2O/c1-6-15(7-2)10-13(4)14-9-8-12(3)11-16-5/h12-14H,6-11H2,1-5H3. The van der Waals surface area contributed by atoms with Crippen LogP contribution in [0.3, 0.4) is 0 Å². The number of nitrogens with zero attached hydrogens (tertiary/aromatic N) is 1. The molecule has 0 rings (SSSR count). The van der Waals surface area contributed by atoms with Crippen molar-refractivity contribution in [1.82, 2.24) is 10.2 Å². The van der Waals surface area contributed by atoms with E-state index < -0.39 is 0 Å². The fraction of sp³-hybridized carbons (Fsp3) is 1.00. The second-order valence-electron chi connectivity index (χ2n) is 4.69. The first-order valence-corrected chi connectivity index (χ1v) is 6.58. The quantitative estimate of drug-likeness (QED) is 0.621. The molecule has 3 heteroatoms. The molecule has 0 saturated carbocycles. The van der Waals surface area contributed by atoms with Gasteiger partial charge in [0.25, 0.3) is 0 Å². The molecule has 2 atom stereocenters. The van der Waals surface area contributed by atoms with Gasteiger partial charge in [-0.1, -0.05) is 20.8 Å². The average molecular weight is 230 g/mol. The normalized spacial score (nSPS) is 15.4. The van der Waals surface area contributed by atoms with Gasteiger partial charge in [0.2, 0.25) is 0 Å². The average Bonchev–Trinajstić information content (AvgIpc) is 2.26. The second-order valence-corrected chi connectivity index (χ2v) is 4.69. The van der Waals surface area contributed by atoms with Gasteiger partial charge in [0.05, 0.1) is 0 Å². The van der Waals surface area contributed by atoms with E-state index in [1.165, 1.54) is 6.42 Å². The summed E-state index contributed by atoms with van der Waals surface area (Å²) in [6, 6.07) is 0.578. The minimum Gasteiger partial charge on any atom is -0.384 e. The molecule has 0 radical (unpaired) electrons. The van der Waals surface area contributed by atoms with Crippen LogP contribution >= 0.6 is 0 Å². The monoisotopic (exact) mass is 230 g/mol. The van der Waals surface area contributed by atoms with Gasteiger partial charge in [-0.25, -0.2) is 0 Å². The summed E-state index contributed by atoms with van der Waals surface area (Å²) in [5, 5.41) is 3.57. The molecule has 0 aliphatic rings. The Morgan fingerprint density at radius 2 is 1.81 bits per heavy atom. The molecule has 0 saturated heterocycles. The van der Waals surface area contributed by atoms with Crippen LogP contribution in [0.5, 0.6) is 0 Å². The summed E-state index contributed by atoms with van der Waals surface area (Å²) < 4.78 is 5.12. The van der Waals surface area contributed by atoms with Gasteiger partial charge in [-0.3, -0.25) is 0 Å². The highest BCUT2D eigenvalue weighted by molar-refractivity contribution is 4.67. The number of ether oxygens (including phenoxy) is 1. The van der Waals surface area contributed by atoms with Crippen LogP contribution < -0.4 is 5.32 Å². The highest BCUT2D eigenvalue weighted by Crippen LogP contribution is 2.00. The predicted octanol–water partition coefficient (Wildman–Crippen LogP) is 1.98. The van der Waals surface area contributed by atoms with Gasteiger partial charge in [-0.2, -0.15) is 0 Å². The topological polar surface area (TPSA) is 24.5 Å². The Kier molecular flexibility index (Phi) is 9.99. The van der Waals surface area contributed by atoms with E-state index in [1.54, 1.807) is 7.11 Å². The molecule has 0 fully saturated rings. The predicted molar refractivity (Wildman–Crippen MR) is 70.9 cm³/mol. The minimum absolute atomic E-state index is 0.578. The molecule has 0 aromatic carbocycles. The Bertz CT molecular complexity index is 149. The van der Waals surface area contributed by atoms with Crippen molar-refractivity contribution in [3.63, 3.8) is 0 Å². The van der Waals surface area contributed by atoms with E-state index in [-0.39, 0.29) is 0 Å². The van der Waals surface area contributed by atoms with Crippen LogP contribution in [-0.2, 0) is 4.74 Å². The van der Waals surface area contributed by atoms with Crippen LogP contribution in [0.15, 0.2) is 0 Å². The summed E-state index contributed by atoms with van der Waals surface area (Å²) in [6.45, 7) is 14.3. The van der Waals surface area contributed by atoms with E-state index in [1.807, 2.05) is 0 Å². The number of hydrogen-bond acceptors (Lipinski definition) is 3. The first-order valence-electron chi connectivity index (χ1n) is 6.58. The molecule has 3 nitrogen and oxygen atoms in total. The fourth-order valence-corrected chi connectivity index (χ4v) is 1.88. The van der Waals surface area contributed by atoms with Crippen LogP contribution in [0, 0.1) is 5.92 Å². The highest BCUT2D eigenvalue weighted by Gasteiger charge is 2.07. The lowest BCUT2D eigenvalue weighted by atomic mass is 10.1. The molecule has 0 spiro atoms. The summed E-state index contributed by atoms with van der Waals surface area (Å²) in [5.41, 5.74) is 0. The molecular weight excluding hydrogens is 200 g/mol. The SMILES string of the molecule is CCN(CC)CC(C)NCCC(C)COC. The van der Waals surface area contributed by atoms with E-state index in [0.29, 0.717) is 12.0 Å². The van der Waals surface area contributed by atoms with Crippen molar-refractivity contribution < 1.29 is 4.74 Å². The van der Waals surface area contributed by atoms with Crippen LogP contribution in [-0.4, -0.2) is 50.8 Å². The Hall–Kier alpha value is -0.120. The minimum atomic E-state index is 0.578. The Labute approximate surface area is 102 Å². The van der Waals surface area contributed by atoms with E-state index >= 15 is 0 Å². The zero-order valence-corrected chi connectivity index (χ0v) is 11.8. The molecule has 0 aliphatic heterocycles. The summed E-state index contributed by atoms with van der Waals surface area (Å²) in [5.74, 6) is 0.651. The zero-order valence-electron chi connectivity index (χ0n) is 11.8. The van der Waals surface area contributed by atoms with Gasteiger partial charge in [0, 0.05) is 26.3 Å². The van der Waals surface area contributed by atoms with Gasteiger partial charge >= 0.3 is 0 Å². The van der Waals surface area contributed by atoms with Crippen LogP contribution in [0.4, 0.5) is 0 Å². The van der Waals surface area contributed by atoms with Gasteiger partial charge in [-0.05, 0) is 38.9 Å². The lowest BCUT2D eigenvalue weighted by Crippen LogP contribution is -2.39. The van der Waals surface area contributed by atoms with Gasteiger partial charge in [-0.15, -0.1) is 0 Å². The first-order chi connectivity index (χ1) is 7.63. The van der Waals surface area contributed by atoms with E-state index in [4.69, 9.17) is 4.74 Å². The first kappa shape index (κ1) is 15.9. The Morgan fingerprint density at radius 1 is 1.19 bits per heavy atom. The van der Waals surface area contributed by atoms with Crippen LogP contribution in [0.1, 0.15) is 34.1 Å². The van der Waals surface area contributed by atoms with Crippen molar-refractivity contribution >= 4 is 0 Å². The molecule has 0 bridgehead atoms. The Morgan fingerprint density at radius 3 is 2.31 bits per heavy atom. The summed E-state index contributed by atoms with van der Waals surface area (Å²) in [6.07, 6.45) is 1.19. The highest BCUT2D eigenvalue weighted by atomic mass is 16.5. The summed E-state index contributed by atoms with van der Waals surface area (Å²) >= 11 is 0. The molecule has 0 heterocycles. The van der Waals surface area contributed by atoms with Gasteiger partial charge in [0.15, 0.2) is 0 Å². The third-order valence-corrected chi connectivity index (χ3v) is 3.01. The molecule has 0 amide bonds. The second kappa shape index (κ2) is 10.1. The smallest absolute Gasteiger partial charge is 0.0488 e. The lowest BCUT2D eigenvalue weighted by Gasteiger charge is -2.24. The van der Waals surface area contributed by atoms with Crippen LogP contribution in [0.2, 0.25) is 0 Å². The molecule has 98 valence electrons. The van der Waals surface area contributed by atoms with Crippen molar-refractivity contribution in [2.75, 3.05) is 39.9 Å². The zero-order chi connectivity index (χ0) is 12.4. The lowest BCUT2D eigenvalue weighted by molar-refractivity contribution is 0.154. The van der Waals surface area contributed by atoms with Crippen molar-refractivity contribution in [3.05, 3.63) is 0 Å². The maximum Gasteiger partial charge on any atom is 0.0488 e. The molecule has 0 aromatic heterocycles. The van der Waals surface area contributed by atoms with E-state index in [9.17, 15) is 0 Å². The van der Waals surface area contributed by atoms with Crippen molar-refractivity contribution in [2.24, 2.45) is 5.92 Å². The fourth-order valence-electron chi connectivity index (χ4n) is 1.88. The van der Waals surface area contributed by atoms with Crippen molar-refractivity contribution in [3.8, 4) is 0 Å². The third kappa shape index (κ3) is 8.08. The maximum absolute atomic E-state index is 5.12. The molecule has 2 unspecified atom stereocenters. The van der Waals surface area contributed by atoms with Crippen LogP contribution in [0.25, 0.3) is 0 Å². The maximum atomic E-state index is 5.12. The molecule has 1 N–H and O–H groups in total. The van der Waals surface area contributed by atoms with Crippen molar-refractivity contribution in [1.29, 1.82) is 0 Å². The summed E-state index contributed by atoms with van der Waals surface area (Å²) in [7, 11) is 1.77. The largest absolute Gasteiger partial charge is 0.384 e. The number of likely N-dealkylation sites (N-methyl/N-ethyl adjacent to an activating group) is 1. The van der Waals surface area contributed by atoms with Gasteiger partial charge < -0.3 is 15.0 Å². The molecule has 0 aliphatic carbocycles. The van der Waals surface area contributed by atoms with Gasteiger partial charge in [0.1, 0.15) is 0 Å². The number of rotatable bonds is 10. The third-order valence-electron chi connectivity index (χ3n) is 3.01. The summed E-state index contributed by atoms with van der Waals surface area (Å²) in [4.78, 5) is 2.45. The molecule has 16 heavy (non-hydrogen) atoms. The number of nitrogens with one attached hydrogen (secondary N) is 1. The van der Waals surface area contributed by atoms with E-state index in [0.717, 1.165) is 32.8 Å². The van der Waals surface area contributed by atoms with E-state index in [2.05, 4.69) is 37.9 Å². The number of hydrogen-bond donors (Lipinski definition) is 1.